The summed E-state index contributed by atoms with van der Waals surface area (Å²) in [6.07, 6.45) is 0. The molecule has 1 atom stereocenters. The highest BCUT2D eigenvalue weighted by Gasteiger charge is 2.17. The molecule has 5 nitrogen and oxygen atoms in total. The first-order valence-corrected chi connectivity index (χ1v) is 6.96. The van der Waals surface area contributed by atoms with Crippen molar-refractivity contribution in [3.63, 3.8) is 0 Å². The van der Waals surface area contributed by atoms with Crippen LogP contribution in [-0.2, 0) is 9.53 Å². The standard InChI is InChI=1S/C13H17IN2O3/c1-9(12(17)15-7-8-19-2)16-13(18)10-5-3-4-6-11(10)14/h3-6,9H,7-8H2,1-2H3,(H,15,17)(H,16,18). The van der Waals surface area contributed by atoms with Gasteiger partial charge in [0.05, 0.1) is 12.2 Å². The molecule has 0 aliphatic heterocycles. The molecule has 19 heavy (non-hydrogen) atoms. The van der Waals surface area contributed by atoms with E-state index in [1.54, 1.807) is 26.2 Å². The molecule has 0 radical (unpaired) electrons. The number of hydrogen-bond acceptors (Lipinski definition) is 3. The Hall–Kier alpha value is -1.15. The summed E-state index contributed by atoms with van der Waals surface area (Å²) in [5.41, 5.74) is 0.569. The number of nitrogens with one attached hydrogen (secondary N) is 2. The minimum absolute atomic E-state index is 0.226. The van der Waals surface area contributed by atoms with E-state index in [0.29, 0.717) is 18.7 Å². The first-order valence-electron chi connectivity index (χ1n) is 5.88. The first-order chi connectivity index (χ1) is 9.06. The van der Waals surface area contributed by atoms with Gasteiger partial charge in [-0.15, -0.1) is 0 Å². The lowest BCUT2D eigenvalue weighted by Crippen LogP contribution is -2.45. The van der Waals surface area contributed by atoms with E-state index >= 15 is 0 Å². The molecule has 0 fully saturated rings. The predicted molar refractivity (Wildman–Crippen MR) is 81.0 cm³/mol. The van der Waals surface area contributed by atoms with Crippen molar-refractivity contribution >= 4 is 34.4 Å². The van der Waals surface area contributed by atoms with E-state index in [1.165, 1.54) is 0 Å². The van der Waals surface area contributed by atoms with Gasteiger partial charge in [-0.2, -0.15) is 0 Å². The summed E-state index contributed by atoms with van der Waals surface area (Å²) in [6, 6.07) is 6.64. The van der Waals surface area contributed by atoms with Crippen LogP contribution in [0.4, 0.5) is 0 Å². The van der Waals surface area contributed by atoms with Crippen LogP contribution in [-0.4, -0.2) is 38.1 Å². The van der Waals surface area contributed by atoms with Crippen molar-refractivity contribution in [1.82, 2.24) is 10.6 Å². The fourth-order valence-electron chi connectivity index (χ4n) is 1.41. The second-order valence-corrected chi connectivity index (χ2v) is 5.12. The molecule has 0 saturated carbocycles. The largest absolute Gasteiger partial charge is 0.383 e. The van der Waals surface area contributed by atoms with Gasteiger partial charge in [-0.05, 0) is 41.6 Å². The van der Waals surface area contributed by atoms with E-state index in [4.69, 9.17) is 4.74 Å². The maximum absolute atomic E-state index is 12.0. The van der Waals surface area contributed by atoms with Crippen molar-refractivity contribution in [2.24, 2.45) is 0 Å². The fourth-order valence-corrected chi connectivity index (χ4v) is 2.05. The Morgan fingerprint density at radius 2 is 2.05 bits per heavy atom. The van der Waals surface area contributed by atoms with Gasteiger partial charge in [0.25, 0.3) is 5.91 Å². The Morgan fingerprint density at radius 3 is 2.68 bits per heavy atom. The number of halogens is 1. The number of carbonyl (C=O) groups is 2. The summed E-state index contributed by atoms with van der Waals surface area (Å²) in [6.45, 7) is 2.53. The fraction of sp³-hybridized carbons (Fsp3) is 0.385. The zero-order valence-electron chi connectivity index (χ0n) is 10.9. The highest BCUT2D eigenvalue weighted by Crippen LogP contribution is 2.11. The third kappa shape index (κ3) is 5.15. The number of rotatable bonds is 6. The van der Waals surface area contributed by atoms with Crippen molar-refractivity contribution in [3.05, 3.63) is 33.4 Å². The van der Waals surface area contributed by atoms with Gasteiger partial charge in [-0.3, -0.25) is 9.59 Å². The average molecular weight is 376 g/mol. The summed E-state index contributed by atoms with van der Waals surface area (Å²) < 4.78 is 5.69. The smallest absolute Gasteiger partial charge is 0.252 e. The minimum atomic E-state index is -0.583. The van der Waals surface area contributed by atoms with Crippen LogP contribution >= 0.6 is 22.6 Å². The van der Waals surface area contributed by atoms with Gasteiger partial charge in [0, 0.05) is 17.2 Å². The van der Waals surface area contributed by atoms with E-state index in [0.717, 1.165) is 3.57 Å². The van der Waals surface area contributed by atoms with Crippen molar-refractivity contribution < 1.29 is 14.3 Å². The van der Waals surface area contributed by atoms with E-state index < -0.39 is 6.04 Å². The van der Waals surface area contributed by atoms with Crippen LogP contribution in [0.5, 0.6) is 0 Å². The summed E-state index contributed by atoms with van der Waals surface area (Å²) in [5.74, 6) is -0.476. The lowest BCUT2D eigenvalue weighted by atomic mass is 10.2. The van der Waals surface area contributed by atoms with Gasteiger partial charge in [0.2, 0.25) is 5.91 Å². The van der Waals surface area contributed by atoms with Crippen LogP contribution in [0.15, 0.2) is 24.3 Å². The van der Waals surface area contributed by atoms with Gasteiger partial charge < -0.3 is 15.4 Å². The molecule has 0 bridgehead atoms. The first kappa shape index (κ1) is 15.9. The lowest BCUT2D eigenvalue weighted by molar-refractivity contribution is -0.122. The summed E-state index contributed by atoms with van der Waals surface area (Å²) in [5, 5.41) is 5.34. The Bertz CT molecular complexity index is 451. The van der Waals surface area contributed by atoms with Crippen LogP contribution in [0.1, 0.15) is 17.3 Å². The number of benzene rings is 1. The molecule has 0 aliphatic rings. The Balaban J connectivity index is 2.52. The molecule has 2 N–H and O–H groups in total. The molecule has 104 valence electrons. The molecular weight excluding hydrogens is 359 g/mol. The summed E-state index contributed by atoms with van der Waals surface area (Å²) >= 11 is 2.09. The van der Waals surface area contributed by atoms with E-state index in [2.05, 4.69) is 33.2 Å². The topological polar surface area (TPSA) is 67.4 Å². The number of methoxy groups -OCH3 is 1. The van der Waals surface area contributed by atoms with Gasteiger partial charge in [-0.25, -0.2) is 0 Å². The third-order valence-electron chi connectivity index (χ3n) is 2.46. The zero-order chi connectivity index (χ0) is 14.3. The molecule has 0 aliphatic carbocycles. The minimum Gasteiger partial charge on any atom is -0.383 e. The maximum Gasteiger partial charge on any atom is 0.252 e. The SMILES string of the molecule is COCCNC(=O)C(C)NC(=O)c1ccccc1I. The van der Waals surface area contributed by atoms with Crippen molar-refractivity contribution in [2.75, 3.05) is 20.3 Å². The van der Waals surface area contributed by atoms with Crippen molar-refractivity contribution in [1.29, 1.82) is 0 Å². The van der Waals surface area contributed by atoms with Crippen LogP contribution in [0.25, 0.3) is 0 Å². The normalized spacial score (nSPS) is 11.7. The quantitative estimate of drug-likeness (QED) is 0.579. The number of carbonyl (C=O) groups excluding carboxylic acids is 2. The molecule has 0 spiro atoms. The number of hydrogen-bond donors (Lipinski definition) is 2. The predicted octanol–water partition coefficient (Wildman–Crippen LogP) is 1.17. The van der Waals surface area contributed by atoms with Gasteiger partial charge >= 0.3 is 0 Å². The molecule has 1 unspecified atom stereocenters. The van der Waals surface area contributed by atoms with Gasteiger partial charge in [0.1, 0.15) is 6.04 Å². The monoisotopic (exact) mass is 376 g/mol. The van der Waals surface area contributed by atoms with Crippen LogP contribution in [0.2, 0.25) is 0 Å². The Kier molecular flexibility index (Phi) is 6.79. The molecule has 0 aromatic heterocycles. The molecule has 0 saturated heterocycles. The van der Waals surface area contributed by atoms with E-state index in [-0.39, 0.29) is 11.8 Å². The molecular formula is C13H17IN2O3. The molecule has 1 rings (SSSR count). The summed E-state index contributed by atoms with van der Waals surface area (Å²) in [4.78, 5) is 23.7. The molecule has 1 aromatic rings. The second kappa shape index (κ2) is 8.11. The third-order valence-corrected chi connectivity index (χ3v) is 3.41. The highest BCUT2D eigenvalue weighted by atomic mass is 127. The van der Waals surface area contributed by atoms with Crippen molar-refractivity contribution in [3.8, 4) is 0 Å². The van der Waals surface area contributed by atoms with Gasteiger partial charge in [0.15, 0.2) is 0 Å². The number of ether oxygens (including phenoxy) is 1. The Morgan fingerprint density at radius 1 is 1.37 bits per heavy atom. The average Bonchev–Trinajstić information content (AvgIpc) is 2.39. The lowest BCUT2D eigenvalue weighted by Gasteiger charge is -2.14. The number of amides is 2. The highest BCUT2D eigenvalue weighted by molar-refractivity contribution is 14.1. The molecule has 6 heteroatoms. The van der Waals surface area contributed by atoms with E-state index in [9.17, 15) is 9.59 Å². The van der Waals surface area contributed by atoms with E-state index in [1.807, 2.05) is 12.1 Å². The molecule has 1 aromatic carbocycles. The molecule has 0 heterocycles. The zero-order valence-corrected chi connectivity index (χ0v) is 13.1. The van der Waals surface area contributed by atoms with Crippen LogP contribution < -0.4 is 10.6 Å². The van der Waals surface area contributed by atoms with Crippen LogP contribution in [0.3, 0.4) is 0 Å². The molecule has 2 amide bonds. The maximum atomic E-state index is 12.0. The van der Waals surface area contributed by atoms with Crippen LogP contribution in [0, 0.1) is 3.57 Å². The van der Waals surface area contributed by atoms with Crippen molar-refractivity contribution in [2.45, 2.75) is 13.0 Å². The summed E-state index contributed by atoms with van der Waals surface area (Å²) in [7, 11) is 1.56. The second-order valence-electron chi connectivity index (χ2n) is 3.96. The van der Waals surface area contributed by atoms with Gasteiger partial charge in [-0.1, -0.05) is 12.1 Å². The Labute approximate surface area is 126 Å².